The van der Waals surface area contributed by atoms with Crippen molar-refractivity contribution < 1.29 is 29.4 Å². The monoisotopic (exact) mass is 283 g/mol. The Morgan fingerprint density at radius 2 is 1.45 bits per heavy atom. The zero-order chi connectivity index (χ0) is 16.0. The van der Waals surface area contributed by atoms with Crippen LogP contribution in [0.4, 0.5) is 0 Å². The molecule has 0 aromatic heterocycles. The van der Waals surface area contributed by atoms with Gasteiger partial charge in [-0.05, 0) is 5.56 Å². The topological polar surface area (TPSA) is 113 Å². The first-order valence-electron chi connectivity index (χ1n) is 5.40. The molecule has 1 aromatic carbocycles. The van der Waals surface area contributed by atoms with Gasteiger partial charge in [-0.2, -0.15) is 0 Å². The number of oxime groups is 1. The molecule has 0 bridgehead atoms. The third-order valence-electron chi connectivity index (χ3n) is 1.29. The first-order valence-corrected chi connectivity index (χ1v) is 5.40. The molecule has 0 amide bonds. The third kappa shape index (κ3) is 20.7. The van der Waals surface area contributed by atoms with E-state index in [1.165, 1.54) is 20.1 Å². The first kappa shape index (κ1) is 19.6. The lowest BCUT2D eigenvalue weighted by atomic mass is 10.2. The number of hydrogen-bond donors (Lipinski definition) is 2. The van der Waals surface area contributed by atoms with E-state index in [0.717, 1.165) is 12.5 Å². The highest BCUT2D eigenvalue weighted by Gasteiger charge is 1.93. The van der Waals surface area contributed by atoms with Crippen LogP contribution in [0.1, 0.15) is 26.3 Å². The lowest BCUT2D eigenvalue weighted by Gasteiger charge is -1.87. The minimum absolute atomic E-state index is 0.562. The summed E-state index contributed by atoms with van der Waals surface area (Å²) in [6.45, 7) is 3.45. The quantitative estimate of drug-likeness (QED) is 0.266. The van der Waals surface area contributed by atoms with Crippen molar-refractivity contribution in [3.63, 3.8) is 0 Å². The smallest absolute Gasteiger partial charge is 0.310 e. The second kappa shape index (κ2) is 12.7. The van der Waals surface area contributed by atoms with Gasteiger partial charge in [-0.3, -0.25) is 14.4 Å². The fourth-order valence-electron chi connectivity index (χ4n) is 0.808. The maximum atomic E-state index is 9.81. The predicted octanol–water partition coefficient (Wildman–Crippen LogP) is 1.68. The highest BCUT2D eigenvalue weighted by atomic mass is 16.6. The second-order valence-electron chi connectivity index (χ2n) is 3.26. The average molecular weight is 283 g/mol. The zero-order valence-electron chi connectivity index (χ0n) is 11.4. The number of rotatable bonds is 1. The molecule has 0 heterocycles. The highest BCUT2D eigenvalue weighted by Crippen LogP contribution is 1.92. The van der Waals surface area contributed by atoms with Gasteiger partial charge >= 0.3 is 11.9 Å². The van der Waals surface area contributed by atoms with E-state index in [4.69, 9.17) is 15.1 Å². The van der Waals surface area contributed by atoms with E-state index < -0.39 is 17.9 Å². The van der Waals surface area contributed by atoms with Crippen LogP contribution in [0.25, 0.3) is 0 Å². The van der Waals surface area contributed by atoms with Crippen LogP contribution in [-0.4, -0.2) is 34.4 Å². The molecule has 0 aliphatic rings. The van der Waals surface area contributed by atoms with Crippen LogP contribution in [-0.2, 0) is 19.1 Å². The summed E-state index contributed by atoms with van der Waals surface area (Å²) < 4.78 is 3.97. The Bertz CT molecular complexity index is 425. The fraction of sp³-hybridized carbons (Fsp3) is 0.231. The Balaban J connectivity index is 0. The third-order valence-corrected chi connectivity index (χ3v) is 1.29. The largest absolute Gasteiger partial charge is 0.481 e. The van der Waals surface area contributed by atoms with E-state index in [2.05, 4.69) is 9.89 Å². The molecule has 0 unspecified atom stereocenters. The maximum Gasteiger partial charge on any atom is 0.310 e. The molecule has 1 rings (SSSR count). The van der Waals surface area contributed by atoms with Crippen LogP contribution in [0.5, 0.6) is 0 Å². The number of aliphatic carboxylic acids is 1. The summed E-state index contributed by atoms with van der Waals surface area (Å²) in [4.78, 5) is 28.6. The summed E-state index contributed by atoms with van der Waals surface area (Å²) in [7, 11) is 0. The van der Waals surface area contributed by atoms with Gasteiger partial charge < -0.3 is 15.1 Å². The number of carbonyl (C=O) groups is 3. The summed E-state index contributed by atoms with van der Waals surface area (Å²) in [6.07, 6.45) is 1.39. The Hall–Kier alpha value is -2.70. The summed E-state index contributed by atoms with van der Waals surface area (Å²) >= 11 is 0. The lowest BCUT2D eigenvalue weighted by Crippen LogP contribution is -2.03. The number of carbonyl (C=O) groups excluding carboxylic acids is 2. The molecule has 7 nitrogen and oxygen atoms in total. The van der Waals surface area contributed by atoms with Gasteiger partial charge in [0.2, 0.25) is 0 Å². The van der Waals surface area contributed by atoms with E-state index in [9.17, 15) is 9.59 Å². The van der Waals surface area contributed by atoms with Crippen molar-refractivity contribution >= 4 is 24.1 Å². The van der Waals surface area contributed by atoms with E-state index in [0.29, 0.717) is 0 Å². The number of ether oxygens (including phenoxy) is 1. The fourth-order valence-corrected chi connectivity index (χ4v) is 0.808. The summed E-state index contributed by atoms with van der Waals surface area (Å²) in [5.41, 5.74) is 0.903. The van der Waals surface area contributed by atoms with Gasteiger partial charge in [0.05, 0.1) is 6.21 Å². The number of benzene rings is 1. The highest BCUT2D eigenvalue weighted by molar-refractivity contribution is 5.82. The van der Waals surface area contributed by atoms with Crippen LogP contribution in [0.2, 0.25) is 0 Å². The minimum Gasteiger partial charge on any atom is -0.481 e. The summed E-state index contributed by atoms with van der Waals surface area (Å²) in [5, 5.41) is 18.4. The zero-order valence-corrected chi connectivity index (χ0v) is 11.4. The Morgan fingerprint density at radius 3 is 1.70 bits per heavy atom. The average Bonchev–Trinajstić information content (AvgIpc) is 2.29. The van der Waals surface area contributed by atoms with Crippen molar-refractivity contribution in [1.82, 2.24) is 0 Å². The van der Waals surface area contributed by atoms with Gasteiger partial charge in [0.15, 0.2) is 0 Å². The van der Waals surface area contributed by atoms with Crippen molar-refractivity contribution in [2.45, 2.75) is 20.8 Å². The number of nitrogens with zero attached hydrogens (tertiary/aromatic N) is 1. The van der Waals surface area contributed by atoms with E-state index in [1.54, 1.807) is 0 Å². The molecule has 0 saturated carbocycles. The molecule has 0 aliphatic heterocycles. The van der Waals surface area contributed by atoms with Gasteiger partial charge in [0.25, 0.3) is 5.97 Å². The van der Waals surface area contributed by atoms with Crippen LogP contribution in [0, 0.1) is 0 Å². The molecule has 7 heteroatoms. The molecule has 110 valence electrons. The Morgan fingerprint density at radius 1 is 1.05 bits per heavy atom. The second-order valence-corrected chi connectivity index (χ2v) is 3.26. The predicted molar refractivity (Wildman–Crippen MR) is 71.6 cm³/mol. The van der Waals surface area contributed by atoms with Crippen LogP contribution < -0.4 is 0 Å². The van der Waals surface area contributed by atoms with Crippen LogP contribution >= 0.6 is 0 Å². The minimum atomic E-state index is -0.833. The van der Waals surface area contributed by atoms with E-state index in [1.807, 2.05) is 30.3 Å². The summed E-state index contributed by atoms with van der Waals surface area (Å²) in [5.74, 6) is -1.96. The first-order chi connectivity index (χ1) is 9.29. The standard InChI is InChI=1S/C7H7NO.C4H6O3.C2H4O2/c9-8-6-7-4-2-1-3-5-7;1-3(5)7-4(2)6;1-2(3)4/h1-6,9H;1-2H3;1H3,(H,3,4)/b8-6-;;. The maximum absolute atomic E-state index is 9.81. The molecular weight excluding hydrogens is 266 g/mol. The van der Waals surface area contributed by atoms with Gasteiger partial charge in [-0.1, -0.05) is 35.5 Å². The van der Waals surface area contributed by atoms with Crippen molar-refractivity contribution in [1.29, 1.82) is 0 Å². The van der Waals surface area contributed by atoms with Gasteiger partial charge in [0, 0.05) is 20.8 Å². The van der Waals surface area contributed by atoms with Crippen LogP contribution in [0.3, 0.4) is 0 Å². The number of esters is 2. The van der Waals surface area contributed by atoms with E-state index >= 15 is 0 Å². The Kier molecular flexibility index (Phi) is 12.5. The van der Waals surface area contributed by atoms with Crippen molar-refractivity contribution in [2.24, 2.45) is 5.16 Å². The van der Waals surface area contributed by atoms with Gasteiger partial charge in [0.1, 0.15) is 0 Å². The number of carboxylic acid groups (broad SMARTS) is 1. The Labute approximate surface area is 116 Å². The molecule has 0 spiro atoms. The number of carboxylic acids is 1. The number of hydrogen-bond acceptors (Lipinski definition) is 6. The molecule has 0 radical (unpaired) electrons. The van der Waals surface area contributed by atoms with Crippen molar-refractivity contribution in [3.05, 3.63) is 35.9 Å². The molecule has 0 saturated heterocycles. The van der Waals surface area contributed by atoms with E-state index in [-0.39, 0.29) is 0 Å². The lowest BCUT2D eigenvalue weighted by molar-refractivity contribution is -0.156. The molecule has 0 aliphatic carbocycles. The molecule has 20 heavy (non-hydrogen) atoms. The molecule has 0 atom stereocenters. The SMILES string of the molecule is CC(=O)O.CC(=O)OC(C)=O.O/N=C\c1ccccc1. The molecule has 2 N–H and O–H groups in total. The molecular formula is C13H17NO6. The van der Waals surface area contributed by atoms with Crippen LogP contribution in [0.15, 0.2) is 35.5 Å². The van der Waals surface area contributed by atoms with Crippen molar-refractivity contribution in [2.75, 3.05) is 0 Å². The molecule has 1 aromatic rings. The van der Waals surface area contributed by atoms with Gasteiger partial charge in [-0.25, -0.2) is 0 Å². The van der Waals surface area contributed by atoms with Gasteiger partial charge in [-0.15, -0.1) is 0 Å². The normalized spacial score (nSPS) is 8.55. The summed E-state index contributed by atoms with van der Waals surface area (Å²) in [6, 6.07) is 9.40. The van der Waals surface area contributed by atoms with Crippen molar-refractivity contribution in [3.8, 4) is 0 Å². The molecule has 0 fully saturated rings.